The zero-order valence-corrected chi connectivity index (χ0v) is 29.9. The first kappa shape index (κ1) is 49.2. The molecule has 0 radical (unpaired) electrons. The van der Waals surface area contributed by atoms with Crippen LogP contribution in [0.15, 0.2) is 0 Å². The van der Waals surface area contributed by atoms with Gasteiger partial charge in [-0.2, -0.15) is 0 Å². The van der Waals surface area contributed by atoms with E-state index in [4.69, 9.17) is 30.6 Å². The average Bonchev–Trinajstić information content (AvgIpc) is 2.69. The Kier molecular flexibility index (Phi) is 22.1. The van der Waals surface area contributed by atoms with Crippen LogP contribution in [0.5, 0.6) is 0 Å². The van der Waals surface area contributed by atoms with Crippen molar-refractivity contribution in [2.24, 2.45) is 0 Å². The molecule has 0 aromatic rings. The summed E-state index contributed by atoms with van der Waals surface area (Å²) in [7, 11) is -6.81. The molecule has 0 bridgehead atoms. The molecule has 0 saturated heterocycles. The van der Waals surface area contributed by atoms with Gasteiger partial charge in [0.2, 0.25) is 0 Å². The van der Waals surface area contributed by atoms with Crippen LogP contribution in [-0.4, -0.2) is 116 Å². The van der Waals surface area contributed by atoms with Gasteiger partial charge >= 0.3 is 150 Å². The number of carbonyl (C=O) groups is 9. The Balaban J connectivity index is -0.00000267. The normalized spacial score (nSPS) is 11.4. The maximum absolute atomic E-state index is 13.8. The monoisotopic (exact) mass is 689 g/mol. The summed E-state index contributed by atoms with van der Waals surface area (Å²) in [5.41, 5.74) is -11.6. The van der Waals surface area contributed by atoms with Gasteiger partial charge < -0.3 is 46.0 Å². The number of aliphatic carboxylic acids is 9. The molecule has 0 spiro atoms. The maximum atomic E-state index is 13.8. The van der Waals surface area contributed by atoms with Gasteiger partial charge in [-0.25, -0.2) is 18.9 Å². The van der Waals surface area contributed by atoms with Crippen LogP contribution in [0.4, 0.5) is 0 Å². The van der Waals surface area contributed by atoms with E-state index >= 15 is 0 Å². The van der Waals surface area contributed by atoms with Crippen LogP contribution in [0, 0.1) is 0 Å². The molecular weight excluding hydrogens is 668 g/mol. The molecule has 0 heterocycles. The van der Waals surface area contributed by atoms with Crippen molar-refractivity contribution in [3.8, 4) is 0 Å². The molecule has 26 heteroatoms. The van der Waals surface area contributed by atoms with Gasteiger partial charge in [0.15, 0.2) is 16.8 Å². The fourth-order valence-corrected chi connectivity index (χ4v) is 5.13. The SMILES string of the molecule is O=C(O)CC(CC(=O)O)(OP(=O)(OC(CC(=O)O)(CC(=O)O)C(=O)O)OC(CC(=O)O)(CC(=O)O)C(=O)O)C(=O)O.[Na+].[Na+].[Na+]. The maximum Gasteiger partial charge on any atom is 1.00 e. The Labute approximate surface area is 310 Å². The molecule has 0 unspecified atom stereocenters. The van der Waals surface area contributed by atoms with Crippen LogP contribution < -0.4 is 88.7 Å². The van der Waals surface area contributed by atoms with Crippen molar-refractivity contribution in [1.29, 1.82) is 0 Å². The standard InChI is InChI=1S/C18H21O22P.3Na/c19-7(20)1-16(13(31)32,2-8(21)22)38-41(37,39-17(14(33)34,3-9(23)24)4-10(25)26)40-18(15(35)36,5-11(27)28)6-12(29)30;;;/h1-6H2,(H,19,20)(H,21,22)(H,23,24)(H,25,26)(H,27,28)(H,29,30)(H,31,32)(H,33,34)(H,35,36);;;/q;3*+1. The molecule has 0 rings (SSSR count). The number of phosphoric ester groups is 1. The van der Waals surface area contributed by atoms with Crippen molar-refractivity contribution in [3.05, 3.63) is 0 Å². The zero-order chi connectivity index (χ0) is 32.6. The van der Waals surface area contributed by atoms with Crippen molar-refractivity contribution in [2.75, 3.05) is 0 Å². The smallest absolute Gasteiger partial charge is 0.481 e. The number of hydrogen-bond acceptors (Lipinski definition) is 13. The van der Waals surface area contributed by atoms with Gasteiger partial charge in [-0.15, -0.1) is 0 Å². The van der Waals surface area contributed by atoms with Gasteiger partial charge in [-0.3, -0.25) is 42.3 Å². The first-order valence-electron chi connectivity index (χ1n) is 10.2. The molecule has 0 aliphatic carbocycles. The molecule has 0 aromatic heterocycles. The van der Waals surface area contributed by atoms with Gasteiger partial charge in [0, 0.05) is 0 Å². The first-order valence-corrected chi connectivity index (χ1v) is 11.6. The van der Waals surface area contributed by atoms with E-state index in [0.29, 0.717) is 0 Å². The van der Waals surface area contributed by atoms with Crippen molar-refractivity contribution in [1.82, 2.24) is 0 Å². The second-order valence-corrected chi connectivity index (χ2v) is 9.48. The molecule has 0 atom stereocenters. The van der Waals surface area contributed by atoms with Crippen LogP contribution in [-0.2, 0) is 61.3 Å². The summed E-state index contributed by atoms with van der Waals surface area (Å²) in [5, 5.41) is 83.5. The number of hydrogen-bond donors (Lipinski definition) is 9. The van der Waals surface area contributed by atoms with Crippen LogP contribution >= 0.6 is 7.82 Å². The summed E-state index contributed by atoms with van der Waals surface area (Å²) < 4.78 is 27.3. The summed E-state index contributed by atoms with van der Waals surface area (Å²) in [6.45, 7) is 0. The second-order valence-electron chi connectivity index (χ2n) is 8.04. The van der Waals surface area contributed by atoms with Crippen molar-refractivity contribution < 1.29 is 196 Å². The predicted molar refractivity (Wildman–Crippen MR) is 115 cm³/mol. The predicted octanol–water partition coefficient (Wildman–Crippen LogP) is -10.5. The molecule has 44 heavy (non-hydrogen) atoms. The van der Waals surface area contributed by atoms with Gasteiger partial charge in [-0.1, -0.05) is 0 Å². The van der Waals surface area contributed by atoms with E-state index in [2.05, 4.69) is 13.6 Å². The fourth-order valence-electron chi connectivity index (χ4n) is 3.12. The second kappa shape index (κ2) is 19.8. The van der Waals surface area contributed by atoms with Gasteiger partial charge in [0.1, 0.15) is 0 Å². The Morgan fingerprint density at radius 2 is 0.523 bits per heavy atom. The fraction of sp³-hybridized carbons (Fsp3) is 0.500. The minimum atomic E-state index is -6.81. The van der Waals surface area contributed by atoms with Crippen LogP contribution in [0.2, 0.25) is 0 Å². The Morgan fingerprint density at radius 3 is 0.614 bits per heavy atom. The summed E-state index contributed by atoms with van der Waals surface area (Å²) in [6.07, 6.45) is -12.1. The van der Waals surface area contributed by atoms with Gasteiger partial charge in [0.05, 0.1) is 38.5 Å². The molecule has 9 N–H and O–H groups in total. The van der Waals surface area contributed by atoms with Crippen LogP contribution in [0.3, 0.4) is 0 Å². The third-order valence-electron chi connectivity index (χ3n) is 4.65. The van der Waals surface area contributed by atoms with E-state index in [-0.39, 0.29) is 88.7 Å². The summed E-state index contributed by atoms with van der Waals surface area (Å²) >= 11 is 0. The largest absolute Gasteiger partial charge is 1.00 e. The van der Waals surface area contributed by atoms with E-state index in [0.717, 1.165) is 0 Å². The minimum absolute atomic E-state index is 0. The van der Waals surface area contributed by atoms with Crippen LogP contribution in [0.1, 0.15) is 38.5 Å². The van der Waals surface area contributed by atoms with Gasteiger partial charge in [-0.05, 0) is 0 Å². The Hall–Kier alpha value is -1.66. The number of carboxylic acids is 9. The van der Waals surface area contributed by atoms with E-state index in [1.54, 1.807) is 0 Å². The average molecular weight is 689 g/mol. The topological polar surface area (TPSA) is 380 Å². The quantitative estimate of drug-likeness (QED) is 0.0399. The molecule has 22 nitrogen and oxygen atoms in total. The number of carboxylic acid groups (broad SMARTS) is 9. The van der Waals surface area contributed by atoms with Crippen LogP contribution in [0.25, 0.3) is 0 Å². The zero-order valence-electron chi connectivity index (χ0n) is 23.0. The summed E-state index contributed by atoms with van der Waals surface area (Å²) in [4.78, 5) is 104. The third kappa shape index (κ3) is 15.1. The first-order chi connectivity index (χ1) is 18.5. The molecule has 0 aliphatic heterocycles. The summed E-state index contributed by atoms with van der Waals surface area (Å²) in [6, 6.07) is 0. The molecule has 0 amide bonds. The van der Waals surface area contributed by atoms with Crippen molar-refractivity contribution in [3.63, 3.8) is 0 Å². The van der Waals surface area contributed by atoms with E-state index in [9.17, 15) is 63.0 Å². The summed E-state index contributed by atoms with van der Waals surface area (Å²) in [5.74, 6) is -21.3. The van der Waals surface area contributed by atoms with E-state index < -0.39 is 117 Å². The molecule has 0 saturated carbocycles. The van der Waals surface area contributed by atoms with E-state index in [1.807, 2.05) is 0 Å². The molecule has 0 fully saturated rings. The third-order valence-corrected chi connectivity index (χ3v) is 6.37. The van der Waals surface area contributed by atoms with Crippen molar-refractivity contribution in [2.45, 2.75) is 55.3 Å². The number of rotatable bonds is 21. The molecule has 0 aromatic carbocycles. The molecule has 0 aliphatic rings. The van der Waals surface area contributed by atoms with E-state index in [1.165, 1.54) is 0 Å². The Bertz CT molecular complexity index is 1010. The van der Waals surface area contributed by atoms with Crippen molar-refractivity contribution >= 4 is 61.5 Å². The van der Waals surface area contributed by atoms with Gasteiger partial charge in [0.25, 0.3) is 0 Å². The molecule has 230 valence electrons. The molecular formula is C18H21Na3O22P+3. The number of phosphoric acid groups is 1. The Morgan fingerprint density at radius 1 is 0.386 bits per heavy atom. The minimum Gasteiger partial charge on any atom is -0.481 e.